The summed E-state index contributed by atoms with van der Waals surface area (Å²) in [6.45, 7) is 4.87. The van der Waals surface area contributed by atoms with Gasteiger partial charge >= 0.3 is 0 Å². The van der Waals surface area contributed by atoms with Crippen molar-refractivity contribution in [1.29, 1.82) is 0 Å². The first-order valence-corrected chi connectivity index (χ1v) is 6.40. The van der Waals surface area contributed by atoms with Gasteiger partial charge in [-0.1, -0.05) is 19.8 Å². The van der Waals surface area contributed by atoms with Gasteiger partial charge in [0.15, 0.2) is 0 Å². The molecular weight excluding hydrogens is 188 g/mol. The average molecular weight is 214 g/mol. The highest BCUT2D eigenvalue weighted by Gasteiger charge is 2.21. The second kappa shape index (κ2) is 7.20. The molecule has 1 aliphatic heterocycles. The number of aliphatic hydroxyl groups is 1. The van der Waals surface area contributed by atoms with Crippen molar-refractivity contribution in [3.63, 3.8) is 0 Å². The Bertz CT molecular complexity index is 162. The van der Waals surface area contributed by atoms with E-state index >= 15 is 0 Å². The summed E-state index contributed by atoms with van der Waals surface area (Å²) in [5.74, 6) is 0. The molecule has 3 heteroatoms. The molecule has 0 saturated carbocycles. The van der Waals surface area contributed by atoms with Crippen molar-refractivity contribution < 1.29 is 5.11 Å². The van der Waals surface area contributed by atoms with Gasteiger partial charge in [0, 0.05) is 19.1 Å². The predicted molar refractivity (Wildman–Crippen MR) is 63.8 cm³/mol. The summed E-state index contributed by atoms with van der Waals surface area (Å²) in [7, 11) is 0. The van der Waals surface area contributed by atoms with Crippen LogP contribution in [0.2, 0.25) is 0 Å². The first-order chi connectivity index (χ1) is 7.27. The first-order valence-electron chi connectivity index (χ1n) is 6.40. The first kappa shape index (κ1) is 12.9. The average Bonchev–Trinajstić information content (AvgIpc) is 2.28. The Morgan fingerprint density at radius 3 is 2.93 bits per heavy atom. The van der Waals surface area contributed by atoms with Gasteiger partial charge in [0.1, 0.15) is 0 Å². The highest BCUT2D eigenvalue weighted by atomic mass is 16.3. The fraction of sp³-hybridized carbons (Fsp3) is 1.00. The molecule has 2 atom stereocenters. The van der Waals surface area contributed by atoms with Gasteiger partial charge in [-0.3, -0.25) is 0 Å². The van der Waals surface area contributed by atoms with Crippen LogP contribution in [0.1, 0.15) is 45.4 Å². The molecule has 1 heterocycles. The van der Waals surface area contributed by atoms with Crippen molar-refractivity contribution in [3.05, 3.63) is 0 Å². The van der Waals surface area contributed by atoms with E-state index < -0.39 is 0 Å². The zero-order chi connectivity index (χ0) is 11.1. The maximum absolute atomic E-state index is 9.45. The molecule has 3 N–H and O–H groups in total. The van der Waals surface area contributed by atoms with E-state index in [-0.39, 0.29) is 6.10 Å². The highest BCUT2D eigenvalue weighted by Crippen LogP contribution is 2.20. The minimum absolute atomic E-state index is 0.311. The van der Waals surface area contributed by atoms with Gasteiger partial charge < -0.3 is 15.7 Å². The van der Waals surface area contributed by atoms with Gasteiger partial charge in [0.25, 0.3) is 0 Å². The van der Waals surface area contributed by atoms with Crippen molar-refractivity contribution in [2.24, 2.45) is 5.73 Å². The molecule has 3 nitrogen and oxygen atoms in total. The van der Waals surface area contributed by atoms with E-state index in [1.54, 1.807) is 0 Å². The maximum atomic E-state index is 9.45. The Morgan fingerprint density at radius 1 is 1.47 bits per heavy atom. The number of nitrogens with zero attached hydrogens (tertiary/aromatic N) is 1. The lowest BCUT2D eigenvalue weighted by atomic mass is 9.98. The van der Waals surface area contributed by atoms with E-state index in [0.29, 0.717) is 6.54 Å². The van der Waals surface area contributed by atoms with E-state index in [1.807, 2.05) is 0 Å². The maximum Gasteiger partial charge on any atom is 0.0674 e. The number of hydrogen-bond acceptors (Lipinski definition) is 3. The van der Waals surface area contributed by atoms with Gasteiger partial charge in [-0.15, -0.1) is 0 Å². The molecule has 0 amide bonds. The molecule has 1 aliphatic rings. The van der Waals surface area contributed by atoms with Crippen LogP contribution >= 0.6 is 0 Å². The molecule has 0 aromatic heterocycles. The third-order valence-electron chi connectivity index (χ3n) is 3.39. The molecule has 1 fully saturated rings. The molecule has 0 aromatic rings. The zero-order valence-corrected chi connectivity index (χ0v) is 9.99. The molecule has 0 spiro atoms. The Kier molecular flexibility index (Phi) is 6.22. The molecule has 0 aromatic carbocycles. The molecule has 0 aliphatic carbocycles. The number of hydrogen-bond donors (Lipinski definition) is 2. The summed E-state index contributed by atoms with van der Waals surface area (Å²) in [6, 6.07) is 0.758. The van der Waals surface area contributed by atoms with Gasteiger partial charge in [0.05, 0.1) is 6.10 Å². The molecular formula is C12H26N2O. The molecule has 1 saturated heterocycles. The molecule has 15 heavy (non-hydrogen) atoms. The van der Waals surface area contributed by atoms with Crippen LogP contribution in [0.25, 0.3) is 0 Å². The van der Waals surface area contributed by atoms with Crippen LogP contribution in [-0.4, -0.2) is 41.8 Å². The van der Waals surface area contributed by atoms with Gasteiger partial charge in [-0.05, 0) is 32.2 Å². The summed E-state index contributed by atoms with van der Waals surface area (Å²) >= 11 is 0. The fourth-order valence-electron chi connectivity index (χ4n) is 2.45. The predicted octanol–water partition coefficient (Wildman–Crippen LogP) is 1.35. The van der Waals surface area contributed by atoms with E-state index in [0.717, 1.165) is 19.0 Å². The third-order valence-corrected chi connectivity index (χ3v) is 3.39. The lowest BCUT2D eigenvalue weighted by Gasteiger charge is -2.36. The SMILES string of the molecule is CCCC1CCCCN1CCC(O)CN. The summed E-state index contributed by atoms with van der Waals surface area (Å²) in [6.07, 6.45) is 7.12. The molecule has 2 unspecified atom stereocenters. The topological polar surface area (TPSA) is 49.5 Å². The normalized spacial score (nSPS) is 25.4. The Labute approximate surface area is 93.6 Å². The number of piperidine rings is 1. The monoisotopic (exact) mass is 214 g/mol. The Hall–Kier alpha value is -0.120. The minimum Gasteiger partial charge on any atom is -0.392 e. The van der Waals surface area contributed by atoms with Crippen LogP contribution in [0, 0.1) is 0 Å². The minimum atomic E-state index is -0.311. The van der Waals surface area contributed by atoms with Crippen LogP contribution in [0.3, 0.4) is 0 Å². The largest absolute Gasteiger partial charge is 0.392 e. The second-order valence-corrected chi connectivity index (χ2v) is 4.65. The number of nitrogens with two attached hydrogens (primary N) is 1. The summed E-state index contributed by atoms with van der Waals surface area (Å²) < 4.78 is 0. The quantitative estimate of drug-likeness (QED) is 0.702. The van der Waals surface area contributed by atoms with E-state index in [9.17, 15) is 5.11 Å². The van der Waals surface area contributed by atoms with Crippen LogP contribution in [-0.2, 0) is 0 Å². The van der Waals surface area contributed by atoms with Crippen molar-refractivity contribution in [1.82, 2.24) is 4.90 Å². The fourth-order valence-corrected chi connectivity index (χ4v) is 2.45. The van der Waals surface area contributed by atoms with Crippen molar-refractivity contribution in [3.8, 4) is 0 Å². The smallest absolute Gasteiger partial charge is 0.0674 e. The van der Waals surface area contributed by atoms with Crippen molar-refractivity contribution >= 4 is 0 Å². The molecule has 1 rings (SSSR count). The lowest BCUT2D eigenvalue weighted by Crippen LogP contribution is -2.41. The highest BCUT2D eigenvalue weighted by molar-refractivity contribution is 4.77. The van der Waals surface area contributed by atoms with E-state index in [1.165, 1.54) is 38.6 Å². The van der Waals surface area contributed by atoms with E-state index in [2.05, 4.69) is 11.8 Å². The van der Waals surface area contributed by atoms with Crippen LogP contribution in [0.5, 0.6) is 0 Å². The number of aliphatic hydroxyl groups excluding tert-OH is 1. The zero-order valence-electron chi connectivity index (χ0n) is 9.99. The van der Waals surface area contributed by atoms with Crippen LogP contribution in [0.4, 0.5) is 0 Å². The lowest BCUT2D eigenvalue weighted by molar-refractivity contribution is 0.102. The Morgan fingerprint density at radius 2 is 2.27 bits per heavy atom. The number of likely N-dealkylation sites (tertiary alicyclic amines) is 1. The summed E-state index contributed by atoms with van der Waals surface area (Å²) in [4.78, 5) is 2.55. The molecule has 0 radical (unpaired) electrons. The van der Waals surface area contributed by atoms with Crippen molar-refractivity contribution in [2.45, 2.75) is 57.6 Å². The number of rotatable bonds is 6. The third kappa shape index (κ3) is 4.49. The van der Waals surface area contributed by atoms with Gasteiger partial charge in [-0.2, -0.15) is 0 Å². The van der Waals surface area contributed by atoms with Crippen LogP contribution < -0.4 is 5.73 Å². The van der Waals surface area contributed by atoms with E-state index in [4.69, 9.17) is 5.73 Å². The van der Waals surface area contributed by atoms with Gasteiger partial charge in [0.2, 0.25) is 0 Å². The van der Waals surface area contributed by atoms with Gasteiger partial charge in [-0.25, -0.2) is 0 Å². The Balaban J connectivity index is 2.28. The van der Waals surface area contributed by atoms with Crippen LogP contribution in [0.15, 0.2) is 0 Å². The molecule has 0 bridgehead atoms. The standard InChI is InChI=1S/C12H26N2O/c1-2-5-11-6-3-4-8-14(11)9-7-12(15)10-13/h11-12,15H,2-10,13H2,1H3. The van der Waals surface area contributed by atoms with Crippen molar-refractivity contribution in [2.75, 3.05) is 19.6 Å². The summed E-state index contributed by atoms with van der Waals surface area (Å²) in [5.41, 5.74) is 5.41. The molecule has 90 valence electrons. The summed E-state index contributed by atoms with van der Waals surface area (Å²) in [5, 5.41) is 9.45. The second-order valence-electron chi connectivity index (χ2n) is 4.65.